The molecule has 220 valence electrons. The van der Waals surface area contributed by atoms with Crippen molar-refractivity contribution in [1.29, 1.82) is 0 Å². The van der Waals surface area contributed by atoms with Gasteiger partial charge in [-0.3, -0.25) is 14.4 Å². The highest BCUT2D eigenvalue weighted by molar-refractivity contribution is 6.01. The molecule has 0 bridgehead atoms. The van der Waals surface area contributed by atoms with Gasteiger partial charge in [0, 0.05) is 17.5 Å². The van der Waals surface area contributed by atoms with Crippen LogP contribution < -0.4 is 15.8 Å². The fraction of sp³-hybridized carbons (Fsp3) is 0.382. The van der Waals surface area contributed by atoms with Crippen LogP contribution in [0, 0.1) is 5.92 Å². The van der Waals surface area contributed by atoms with Crippen molar-refractivity contribution < 1.29 is 23.9 Å². The average molecular weight is 570 g/mol. The van der Waals surface area contributed by atoms with Gasteiger partial charge in [-0.05, 0) is 79.4 Å². The van der Waals surface area contributed by atoms with Crippen LogP contribution in [0.3, 0.4) is 0 Å². The third kappa shape index (κ3) is 6.82. The molecule has 2 unspecified atom stereocenters. The Morgan fingerprint density at radius 1 is 0.976 bits per heavy atom. The highest BCUT2D eigenvalue weighted by atomic mass is 16.5. The number of ether oxygens (including phenoxy) is 2. The molecular weight excluding hydrogens is 530 g/mol. The van der Waals surface area contributed by atoms with Crippen molar-refractivity contribution in [1.82, 2.24) is 10.2 Å². The highest BCUT2D eigenvalue weighted by Gasteiger charge is 2.37. The maximum absolute atomic E-state index is 13.2. The highest BCUT2D eigenvalue weighted by Crippen LogP contribution is 2.35. The number of hydrogen-bond donors (Lipinski definition) is 2. The van der Waals surface area contributed by atoms with E-state index in [0.717, 1.165) is 30.6 Å². The summed E-state index contributed by atoms with van der Waals surface area (Å²) in [6, 6.07) is 23.9. The van der Waals surface area contributed by atoms with Crippen LogP contribution in [0.4, 0.5) is 0 Å². The second kappa shape index (κ2) is 13.7. The minimum atomic E-state index is -0.909. The quantitative estimate of drug-likeness (QED) is 0.314. The standard InChI is InChI=1S/C34H39N3O5/c1-41-32(38)15-14-30(33(35)39)37-21-29-27(34(37)40)8-5-9-31(29)42-22-24-10-12-25(13-11-24)28(26-16-18-36-19-17-26)20-23-6-3-2-4-7-23/h2-13,26,28,30,36H,14-22H2,1H3,(H2,35,39). The lowest BCUT2D eigenvalue weighted by Crippen LogP contribution is -2.45. The van der Waals surface area contributed by atoms with Crippen LogP contribution in [0.1, 0.15) is 64.2 Å². The summed E-state index contributed by atoms with van der Waals surface area (Å²) in [5.74, 6) is 0.283. The molecule has 2 aliphatic heterocycles. The van der Waals surface area contributed by atoms with E-state index in [9.17, 15) is 14.4 Å². The molecule has 2 heterocycles. The van der Waals surface area contributed by atoms with Gasteiger partial charge in [-0.15, -0.1) is 0 Å². The molecule has 2 amide bonds. The van der Waals surface area contributed by atoms with Crippen LogP contribution in [0.5, 0.6) is 5.75 Å². The Labute approximate surface area is 247 Å². The van der Waals surface area contributed by atoms with Crippen molar-refractivity contribution in [2.75, 3.05) is 20.2 Å². The van der Waals surface area contributed by atoms with Gasteiger partial charge in [0.05, 0.1) is 13.7 Å². The first-order chi connectivity index (χ1) is 20.4. The van der Waals surface area contributed by atoms with E-state index in [1.807, 2.05) is 6.07 Å². The molecule has 42 heavy (non-hydrogen) atoms. The number of nitrogens with two attached hydrogens (primary N) is 1. The van der Waals surface area contributed by atoms with E-state index in [1.54, 1.807) is 12.1 Å². The Bertz CT molecular complexity index is 1390. The molecule has 0 spiro atoms. The van der Waals surface area contributed by atoms with Crippen LogP contribution >= 0.6 is 0 Å². The normalized spacial score (nSPS) is 16.5. The molecule has 0 saturated carbocycles. The largest absolute Gasteiger partial charge is 0.489 e. The Morgan fingerprint density at radius 2 is 1.71 bits per heavy atom. The summed E-state index contributed by atoms with van der Waals surface area (Å²) in [6.45, 7) is 2.67. The van der Waals surface area contributed by atoms with Crippen LogP contribution in [0.15, 0.2) is 72.8 Å². The third-order valence-corrected chi connectivity index (χ3v) is 8.56. The number of hydrogen-bond acceptors (Lipinski definition) is 6. The molecule has 5 rings (SSSR count). The molecule has 3 aromatic rings. The minimum Gasteiger partial charge on any atom is -0.489 e. The van der Waals surface area contributed by atoms with E-state index < -0.39 is 17.9 Å². The number of esters is 1. The monoisotopic (exact) mass is 569 g/mol. The van der Waals surface area contributed by atoms with Crippen molar-refractivity contribution in [2.24, 2.45) is 11.7 Å². The van der Waals surface area contributed by atoms with Crippen LogP contribution in [-0.2, 0) is 33.9 Å². The molecule has 2 atom stereocenters. The van der Waals surface area contributed by atoms with Crippen LogP contribution in [0.2, 0.25) is 0 Å². The minimum absolute atomic E-state index is 0.00652. The number of amides is 2. The van der Waals surface area contributed by atoms with Gasteiger partial charge < -0.3 is 25.4 Å². The molecule has 3 aromatic carbocycles. The molecule has 1 fully saturated rings. The smallest absolute Gasteiger partial charge is 0.305 e. The summed E-state index contributed by atoms with van der Waals surface area (Å²) < 4.78 is 10.9. The SMILES string of the molecule is COC(=O)CCC(C(N)=O)N1Cc2c(OCc3ccc(C(Cc4ccccc4)C4CCNCC4)cc3)cccc2C1=O. The topological polar surface area (TPSA) is 111 Å². The summed E-state index contributed by atoms with van der Waals surface area (Å²) in [6.07, 6.45) is 3.47. The van der Waals surface area contributed by atoms with Gasteiger partial charge in [0.1, 0.15) is 18.4 Å². The van der Waals surface area contributed by atoms with Gasteiger partial charge >= 0.3 is 5.97 Å². The summed E-state index contributed by atoms with van der Waals surface area (Å²) in [4.78, 5) is 38.5. The van der Waals surface area contributed by atoms with E-state index in [1.165, 1.54) is 36.0 Å². The number of piperidine rings is 1. The van der Waals surface area contributed by atoms with Crippen molar-refractivity contribution in [3.8, 4) is 5.75 Å². The Morgan fingerprint density at radius 3 is 2.40 bits per heavy atom. The molecule has 8 nitrogen and oxygen atoms in total. The second-order valence-corrected chi connectivity index (χ2v) is 11.2. The number of nitrogens with zero attached hydrogens (tertiary/aromatic N) is 1. The first-order valence-electron chi connectivity index (χ1n) is 14.7. The molecule has 0 radical (unpaired) electrons. The molecule has 1 saturated heterocycles. The molecule has 0 aliphatic carbocycles. The summed E-state index contributed by atoms with van der Waals surface area (Å²) in [5, 5.41) is 3.49. The van der Waals surface area contributed by atoms with Crippen molar-refractivity contribution >= 4 is 17.8 Å². The maximum atomic E-state index is 13.2. The van der Waals surface area contributed by atoms with Crippen LogP contribution in [0.25, 0.3) is 0 Å². The van der Waals surface area contributed by atoms with Gasteiger partial charge in [-0.2, -0.15) is 0 Å². The van der Waals surface area contributed by atoms with Crippen molar-refractivity contribution in [2.45, 2.75) is 57.2 Å². The number of primary amides is 1. The van der Waals surface area contributed by atoms with Crippen molar-refractivity contribution in [3.63, 3.8) is 0 Å². The molecule has 3 N–H and O–H groups in total. The van der Waals surface area contributed by atoms with Crippen LogP contribution in [-0.4, -0.2) is 48.9 Å². The number of fused-ring (bicyclic) bond motifs is 1. The van der Waals surface area contributed by atoms with E-state index in [4.69, 9.17) is 10.5 Å². The lowest BCUT2D eigenvalue weighted by Gasteiger charge is -2.31. The lowest BCUT2D eigenvalue weighted by molar-refractivity contribution is -0.141. The fourth-order valence-corrected chi connectivity index (χ4v) is 6.21. The summed E-state index contributed by atoms with van der Waals surface area (Å²) in [5.41, 5.74) is 10.6. The zero-order valence-corrected chi connectivity index (χ0v) is 24.1. The first kappa shape index (κ1) is 29.3. The van der Waals surface area contributed by atoms with Gasteiger partial charge in [-0.25, -0.2) is 0 Å². The fourth-order valence-electron chi connectivity index (χ4n) is 6.21. The Balaban J connectivity index is 1.27. The maximum Gasteiger partial charge on any atom is 0.305 e. The first-order valence-corrected chi connectivity index (χ1v) is 14.7. The van der Waals surface area contributed by atoms with Gasteiger partial charge in [0.15, 0.2) is 0 Å². The number of carbonyl (C=O) groups is 3. The number of methoxy groups -OCH3 is 1. The predicted octanol–water partition coefficient (Wildman–Crippen LogP) is 4.35. The van der Waals surface area contributed by atoms with Gasteiger partial charge in [-0.1, -0.05) is 60.7 Å². The summed E-state index contributed by atoms with van der Waals surface area (Å²) in [7, 11) is 1.28. The Kier molecular flexibility index (Phi) is 9.54. The number of carbonyl (C=O) groups excluding carboxylic acids is 3. The van der Waals surface area contributed by atoms with Gasteiger partial charge in [0.2, 0.25) is 5.91 Å². The number of nitrogens with one attached hydrogen (secondary N) is 1. The Hall–Kier alpha value is -4.17. The lowest BCUT2D eigenvalue weighted by atomic mass is 9.77. The van der Waals surface area contributed by atoms with E-state index >= 15 is 0 Å². The molecule has 2 aliphatic rings. The van der Waals surface area contributed by atoms with E-state index in [-0.39, 0.29) is 25.3 Å². The third-order valence-electron chi connectivity index (χ3n) is 8.56. The zero-order valence-electron chi connectivity index (χ0n) is 24.1. The number of rotatable bonds is 12. The second-order valence-electron chi connectivity index (χ2n) is 11.2. The predicted molar refractivity (Wildman–Crippen MR) is 160 cm³/mol. The molecule has 0 aromatic heterocycles. The average Bonchev–Trinajstić information content (AvgIpc) is 3.36. The van der Waals surface area contributed by atoms with E-state index in [2.05, 4.69) is 64.7 Å². The molecule has 8 heteroatoms. The van der Waals surface area contributed by atoms with Crippen molar-refractivity contribution in [3.05, 3.63) is 101 Å². The number of benzene rings is 3. The molecular formula is C34H39N3O5. The summed E-state index contributed by atoms with van der Waals surface area (Å²) >= 11 is 0. The van der Waals surface area contributed by atoms with Gasteiger partial charge in [0.25, 0.3) is 5.91 Å². The zero-order chi connectivity index (χ0) is 29.5. The van der Waals surface area contributed by atoms with E-state index in [0.29, 0.717) is 29.8 Å².